The summed E-state index contributed by atoms with van der Waals surface area (Å²) < 4.78 is 7.79. The molecule has 12 heteroatoms. The first-order chi connectivity index (χ1) is 20.9. The zero-order valence-electron chi connectivity index (χ0n) is 25.4. The summed E-state index contributed by atoms with van der Waals surface area (Å²) in [5.41, 5.74) is 0.335. The van der Waals surface area contributed by atoms with E-state index in [-0.39, 0.29) is 60.2 Å². The molecule has 2 bridgehead atoms. The van der Waals surface area contributed by atoms with Gasteiger partial charge in [0, 0.05) is 41.8 Å². The van der Waals surface area contributed by atoms with E-state index in [1.165, 1.54) is 6.08 Å². The molecule has 236 valence electrons. The fourth-order valence-electron chi connectivity index (χ4n) is 6.39. The average Bonchev–Trinajstić information content (AvgIpc) is 3.59. The number of ketones is 1. The quantitative estimate of drug-likeness (QED) is 0.138. The van der Waals surface area contributed by atoms with Crippen LogP contribution >= 0.6 is 11.8 Å². The highest BCUT2D eigenvalue weighted by molar-refractivity contribution is 8.00. The molecule has 0 aliphatic carbocycles. The van der Waals surface area contributed by atoms with Crippen LogP contribution in [0.2, 0.25) is 0 Å². The SMILES string of the molecule is C=CC(=O)CC[C@@H]1NC(=O)[C@@H](NC(=O)CCCC[C@@H]2SC[C@]3(C)NC(=O)N[C@H]23)Cc2cn(c3ccccc23)C(C)(C)OC1=O. The number of cyclic esters (lactones) is 1. The molecule has 5 rings (SSSR count). The van der Waals surface area contributed by atoms with E-state index < -0.39 is 29.7 Å². The van der Waals surface area contributed by atoms with Crippen molar-refractivity contribution in [3.05, 3.63) is 48.7 Å². The third-order valence-corrected chi connectivity index (χ3v) is 10.5. The summed E-state index contributed by atoms with van der Waals surface area (Å²) in [6.45, 7) is 9.09. The van der Waals surface area contributed by atoms with Gasteiger partial charge in [0.2, 0.25) is 11.8 Å². The Morgan fingerprint density at radius 3 is 2.66 bits per heavy atom. The highest BCUT2D eigenvalue weighted by Gasteiger charge is 2.51. The lowest BCUT2D eigenvalue weighted by Gasteiger charge is -2.30. The van der Waals surface area contributed by atoms with Gasteiger partial charge in [0.1, 0.15) is 12.1 Å². The van der Waals surface area contributed by atoms with Crippen molar-refractivity contribution in [2.45, 2.75) is 100 Å². The number of carbonyl (C=O) groups excluding carboxylic acids is 5. The number of nitrogens with zero attached hydrogens (tertiary/aromatic N) is 1. The molecule has 0 saturated carbocycles. The first kappa shape index (κ1) is 31.6. The number of amides is 4. The monoisotopic (exact) mass is 623 g/mol. The number of unbranched alkanes of at least 4 members (excludes halogenated alkanes) is 1. The van der Waals surface area contributed by atoms with Crippen molar-refractivity contribution in [1.29, 1.82) is 0 Å². The first-order valence-corrected chi connectivity index (χ1v) is 16.2. The van der Waals surface area contributed by atoms with Gasteiger partial charge in [0.25, 0.3) is 0 Å². The second-order valence-electron chi connectivity index (χ2n) is 12.6. The molecule has 0 unspecified atom stereocenters. The van der Waals surface area contributed by atoms with Crippen LogP contribution in [-0.2, 0) is 36.1 Å². The molecule has 4 heterocycles. The number of ether oxygens (including phenoxy) is 1. The number of fused-ring (bicyclic) bond motifs is 6. The number of esters is 1. The molecule has 0 radical (unpaired) electrons. The number of hydrogen-bond acceptors (Lipinski definition) is 7. The zero-order valence-corrected chi connectivity index (χ0v) is 26.3. The normalized spacial score (nSPS) is 27.8. The highest BCUT2D eigenvalue weighted by Crippen LogP contribution is 2.39. The maximum Gasteiger partial charge on any atom is 0.330 e. The van der Waals surface area contributed by atoms with Crippen molar-refractivity contribution in [3.8, 4) is 0 Å². The molecule has 0 spiro atoms. The van der Waals surface area contributed by atoms with Gasteiger partial charge in [-0.05, 0) is 57.7 Å². The van der Waals surface area contributed by atoms with Crippen LogP contribution in [0.4, 0.5) is 4.79 Å². The number of thioether (sulfide) groups is 1. The maximum absolute atomic E-state index is 13.6. The largest absolute Gasteiger partial charge is 0.438 e. The lowest BCUT2D eigenvalue weighted by Crippen LogP contribution is -2.53. The molecule has 5 atom stereocenters. The number of aromatic nitrogens is 1. The van der Waals surface area contributed by atoms with Crippen molar-refractivity contribution in [1.82, 2.24) is 25.8 Å². The molecule has 4 amide bonds. The number of nitrogens with one attached hydrogen (secondary N) is 4. The maximum atomic E-state index is 13.6. The topological polar surface area (TPSA) is 148 Å². The Morgan fingerprint density at radius 2 is 1.89 bits per heavy atom. The summed E-state index contributed by atoms with van der Waals surface area (Å²) >= 11 is 1.84. The summed E-state index contributed by atoms with van der Waals surface area (Å²) in [4.78, 5) is 64.0. The molecular formula is C32H41N5O6S. The summed E-state index contributed by atoms with van der Waals surface area (Å²) in [6, 6.07) is 5.58. The molecule has 11 nitrogen and oxygen atoms in total. The molecule has 44 heavy (non-hydrogen) atoms. The molecule has 2 fully saturated rings. The third-order valence-electron chi connectivity index (χ3n) is 8.79. The second-order valence-corrected chi connectivity index (χ2v) is 13.8. The first-order valence-electron chi connectivity index (χ1n) is 15.2. The van der Waals surface area contributed by atoms with Crippen LogP contribution in [0, 0.1) is 0 Å². The molecule has 4 N–H and O–H groups in total. The minimum Gasteiger partial charge on any atom is -0.438 e. The Labute approximate surface area is 261 Å². The number of rotatable bonds is 10. The smallest absolute Gasteiger partial charge is 0.330 e. The van der Waals surface area contributed by atoms with Crippen LogP contribution in [0.1, 0.15) is 64.9 Å². The summed E-state index contributed by atoms with van der Waals surface area (Å²) in [5.74, 6) is -0.847. The minimum atomic E-state index is -1.09. The summed E-state index contributed by atoms with van der Waals surface area (Å²) in [6.07, 6.45) is 5.85. The van der Waals surface area contributed by atoms with E-state index in [0.29, 0.717) is 6.42 Å². The lowest BCUT2D eigenvalue weighted by atomic mass is 9.92. The number of carbonyl (C=O) groups is 5. The van der Waals surface area contributed by atoms with Crippen LogP contribution in [0.25, 0.3) is 10.9 Å². The zero-order chi connectivity index (χ0) is 31.6. The van der Waals surface area contributed by atoms with Crippen molar-refractivity contribution in [2.24, 2.45) is 0 Å². The molecule has 2 saturated heterocycles. The minimum absolute atomic E-state index is 0.01000. The van der Waals surface area contributed by atoms with Crippen LogP contribution in [0.5, 0.6) is 0 Å². The molecule has 1 aromatic heterocycles. The Balaban J connectivity index is 1.29. The van der Waals surface area contributed by atoms with Crippen LogP contribution in [0.15, 0.2) is 43.1 Å². The van der Waals surface area contributed by atoms with Gasteiger partial charge in [-0.15, -0.1) is 0 Å². The van der Waals surface area contributed by atoms with Gasteiger partial charge in [0.15, 0.2) is 11.5 Å². The number of urea groups is 1. The Kier molecular flexibility index (Phi) is 9.10. The predicted octanol–water partition coefficient (Wildman–Crippen LogP) is 3.05. The second kappa shape index (κ2) is 12.7. The molecule has 1 aromatic carbocycles. The van der Waals surface area contributed by atoms with E-state index in [0.717, 1.165) is 35.1 Å². The van der Waals surface area contributed by atoms with Crippen LogP contribution < -0.4 is 21.3 Å². The van der Waals surface area contributed by atoms with Crippen LogP contribution in [0.3, 0.4) is 0 Å². The molecule has 2 aromatic rings. The lowest BCUT2D eigenvalue weighted by molar-refractivity contribution is -0.169. The van der Waals surface area contributed by atoms with Gasteiger partial charge < -0.3 is 30.6 Å². The Morgan fingerprint density at radius 1 is 1.11 bits per heavy atom. The number of para-hydroxylation sites is 1. The van der Waals surface area contributed by atoms with E-state index >= 15 is 0 Å². The summed E-state index contributed by atoms with van der Waals surface area (Å²) in [7, 11) is 0. The number of hydrogen-bond donors (Lipinski definition) is 4. The highest BCUT2D eigenvalue weighted by atomic mass is 32.2. The van der Waals surface area contributed by atoms with E-state index in [2.05, 4.69) is 34.8 Å². The van der Waals surface area contributed by atoms with E-state index in [9.17, 15) is 24.0 Å². The van der Waals surface area contributed by atoms with Gasteiger partial charge in [0.05, 0.1) is 17.1 Å². The molecule has 3 aliphatic heterocycles. The predicted molar refractivity (Wildman–Crippen MR) is 168 cm³/mol. The molecular weight excluding hydrogens is 582 g/mol. The third kappa shape index (κ3) is 6.64. The van der Waals surface area contributed by atoms with Gasteiger partial charge in [-0.3, -0.25) is 14.4 Å². The van der Waals surface area contributed by atoms with E-state index in [4.69, 9.17) is 4.74 Å². The van der Waals surface area contributed by atoms with Gasteiger partial charge >= 0.3 is 12.0 Å². The van der Waals surface area contributed by atoms with Gasteiger partial charge in [-0.1, -0.05) is 31.2 Å². The number of allylic oxidation sites excluding steroid dienone is 1. The van der Waals surface area contributed by atoms with Crippen molar-refractivity contribution >= 4 is 52.3 Å². The van der Waals surface area contributed by atoms with Crippen molar-refractivity contribution < 1.29 is 28.7 Å². The van der Waals surface area contributed by atoms with Gasteiger partial charge in [-0.25, -0.2) is 9.59 Å². The molecule has 3 aliphatic rings. The Bertz CT molecular complexity index is 1490. The van der Waals surface area contributed by atoms with E-state index in [1.807, 2.05) is 46.8 Å². The van der Waals surface area contributed by atoms with Gasteiger partial charge in [-0.2, -0.15) is 11.8 Å². The standard InChI is InChI=1S/C32H41N5O6S/c1-5-20(38)14-15-22-29(41)43-31(2,3)37-17-19(21-10-6-7-11-24(21)37)16-23(28(40)34-22)33-26(39)13-9-8-12-25-27-32(4,18-44-25)36-30(42)35-27/h5-7,10-11,17,22-23,25,27H,1,8-9,12-16,18H2,2-4H3,(H,33,39)(H,34,40)(H2,35,36,42)/t22-,23-,25-,27+,32-/m0/s1. The summed E-state index contributed by atoms with van der Waals surface area (Å²) in [5, 5.41) is 12.9. The fraction of sp³-hybridized carbons (Fsp3) is 0.531. The fourth-order valence-corrected chi connectivity index (χ4v) is 8.10. The van der Waals surface area contributed by atoms with E-state index in [1.54, 1.807) is 13.8 Å². The van der Waals surface area contributed by atoms with Crippen molar-refractivity contribution in [3.63, 3.8) is 0 Å². The van der Waals surface area contributed by atoms with Crippen molar-refractivity contribution in [2.75, 3.05) is 5.75 Å². The number of benzene rings is 1. The average molecular weight is 624 g/mol. The Hall–Kier alpha value is -3.80. The van der Waals surface area contributed by atoms with Crippen LogP contribution in [-0.4, -0.2) is 68.8 Å².